The van der Waals surface area contributed by atoms with Crippen LogP contribution in [0.25, 0.3) is 10.9 Å². The van der Waals surface area contributed by atoms with Crippen LogP contribution in [0, 0.1) is 0 Å². The van der Waals surface area contributed by atoms with Gasteiger partial charge in [-0.25, -0.2) is 0 Å². The highest BCUT2D eigenvalue weighted by Crippen LogP contribution is 2.19. The molecule has 4 aromatic rings. The van der Waals surface area contributed by atoms with Gasteiger partial charge in [0.15, 0.2) is 0 Å². The number of rotatable bonds is 6. The minimum Gasteiger partial charge on any atom is -0.361 e. The summed E-state index contributed by atoms with van der Waals surface area (Å²) in [4.78, 5) is 56.1. The number of carbonyl (C=O) groups is 4. The molecule has 2 heterocycles. The molecule has 3 atom stereocenters. The van der Waals surface area contributed by atoms with E-state index in [0.29, 0.717) is 6.42 Å². The van der Waals surface area contributed by atoms with Crippen LogP contribution in [0.15, 0.2) is 103 Å². The second-order valence-corrected chi connectivity index (χ2v) is 10.3. The molecule has 1 aromatic heterocycles. The Morgan fingerprint density at radius 3 is 1.93 bits per heavy atom. The molecule has 42 heavy (non-hydrogen) atoms. The number of H-pyrrole nitrogens is 1. The van der Waals surface area contributed by atoms with E-state index >= 15 is 0 Å². The Kier molecular flexibility index (Phi) is 9.08. The van der Waals surface area contributed by atoms with Gasteiger partial charge < -0.3 is 26.3 Å². The molecule has 0 radical (unpaired) electrons. The Labute approximate surface area is 243 Å². The number of benzene rings is 3. The SMILES string of the molecule is O=C1/C=C\C(=O)N[C@@H](Cc2c[nH]c3ccccc23)C(=O)N[C@@H](Cc2ccccc2)C(=O)N[C@@H](Cc2ccccc2)CN1. The zero-order valence-electron chi connectivity index (χ0n) is 23.0. The van der Waals surface area contributed by atoms with Crippen LogP contribution in [0.1, 0.15) is 16.7 Å². The van der Waals surface area contributed by atoms with Crippen molar-refractivity contribution in [3.05, 3.63) is 120 Å². The molecule has 4 amide bonds. The average molecular weight is 564 g/mol. The van der Waals surface area contributed by atoms with Gasteiger partial charge in [-0.05, 0) is 29.2 Å². The van der Waals surface area contributed by atoms with Gasteiger partial charge in [0.1, 0.15) is 12.1 Å². The van der Waals surface area contributed by atoms with Gasteiger partial charge in [0, 0.05) is 48.6 Å². The van der Waals surface area contributed by atoms with E-state index in [1.54, 1.807) is 6.20 Å². The van der Waals surface area contributed by atoms with Crippen molar-refractivity contribution in [3.8, 4) is 0 Å². The zero-order valence-corrected chi connectivity index (χ0v) is 23.0. The molecule has 9 nitrogen and oxygen atoms in total. The molecule has 1 aliphatic heterocycles. The average Bonchev–Trinajstić information content (AvgIpc) is 3.41. The predicted octanol–water partition coefficient (Wildman–Crippen LogP) is 2.34. The lowest BCUT2D eigenvalue weighted by molar-refractivity contribution is -0.131. The Balaban J connectivity index is 1.45. The lowest BCUT2D eigenvalue weighted by Gasteiger charge is -2.26. The monoisotopic (exact) mass is 563 g/mol. The zero-order chi connectivity index (χ0) is 29.3. The van der Waals surface area contributed by atoms with Crippen LogP contribution in [0.2, 0.25) is 0 Å². The first kappa shape index (κ1) is 28.4. The normalized spacial score (nSPS) is 21.0. The molecule has 9 heteroatoms. The van der Waals surface area contributed by atoms with Crippen molar-refractivity contribution >= 4 is 34.5 Å². The van der Waals surface area contributed by atoms with Crippen LogP contribution >= 0.6 is 0 Å². The summed E-state index contributed by atoms with van der Waals surface area (Å²) in [6.45, 7) is 0.140. The fraction of sp³-hybridized carbons (Fsp3) is 0.212. The van der Waals surface area contributed by atoms with Crippen LogP contribution in [0.4, 0.5) is 0 Å². The van der Waals surface area contributed by atoms with Gasteiger partial charge in [0.2, 0.25) is 23.6 Å². The second-order valence-electron chi connectivity index (χ2n) is 10.3. The highest BCUT2D eigenvalue weighted by molar-refractivity contribution is 5.99. The van der Waals surface area contributed by atoms with E-state index in [1.807, 2.05) is 84.9 Å². The van der Waals surface area contributed by atoms with E-state index in [2.05, 4.69) is 26.3 Å². The third-order valence-corrected chi connectivity index (χ3v) is 7.23. The molecule has 214 valence electrons. The number of fused-ring (bicyclic) bond motifs is 1. The molecule has 0 saturated heterocycles. The van der Waals surface area contributed by atoms with Crippen molar-refractivity contribution in [1.29, 1.82) is 0 Å². The molecule has 3 aromatic carbocycles. The van der Waals surface area contributed by atoms with E-state index < -0.39 is 35.8 Å². The molecular weight excluding hydrogens is 530 g/mol. The van der Waals surface area contributed by atoms with Crippen molar-refractivity contribution in [1.82, 2.24) is 26.3 Å². The van der Waals surface area contributed by atoms with Crippen molar-refractivity contribution in [2.24, 2.45) is 0 Å². The summed E-state index contributed by atoms with van der Waals surface area (Å²) in [5.41, 5.74) is 3.59. The first-order valence-corrected chi connectivity index (χ1v) is 13.9. The van der Waals surface area contributed by atoms with Crippen LogP contribution in [-0.2, 0) is 38.4 Å². The highest BCUT2D eigenvalue weighted by Gasteiger charge is 2.29. The number of carbonyl (C=O) groups excluding carboxylic acids is 4. The minimum absolute atomic E-state index is 0.140. The first-order chi connectivity index (χ1) is 20.4. The van der Waals surface area contributed by atoms with Gasteiger partial charge in [0.05, 0.1) is 6.04 Å². The summed E-state index contributed by atoms with van der Waals surface area (Å²) >= 11 is 0. The molecule has 1 aliphatic rings. The number of amides is 4. The summed E-state index contributed by atoms with van der Waals surface area (Å²) in [6.07, 6.45) is 4.94. The Bertz CT molecular complexity index is 1580. The molecule has 5 N–H and O–H groups in total. The molecule has 0 fully saturated rings. The van der Waals surface area contributed by atoms with Crippen LogP contribution in [0.3, 0.4) is 0 Å². The van der Waals surface area contributed by atoms with Crippen molar-refractivity contribution in [3.63, 3.8) is 0 Å². The van der Waals surface area contributed by atoms with Gasteiger partial charge in [-0.15, -0.1) is 0 Å². The summed E-state index contributed by atoms with van der Waals surface area (Å²) in [5.74, 6) is -1.95. The topological polar surface area (TPSA) is 132 Å². The molecular formula is C33H33N5O4. The fourth-order valence-electron chi connectivity index (χ4n) is 5.09. The number of nitrogens with one attached hydrogen (secondary N) is 5. The van der Waals surface area contributed by atoms with Gasteiger partial charge in [-0.1, -0.05) is 78.9 Å². The van der Waals surface area contributed by atoms with Crippen LogP contribution in [-0.4, -0.2) is 53.3 Å². The summed E-state index contributed by atoms with van der Waals surface area (Å²) in [7, 11) is 0. The van der Waals surface area contributed by atoms with Gasteiger partial charge >= 0.3 is 0 Å². The number of aromatic nitrogens is 1. The van der Waals surface area contributed by atoms with Crippen molar-refractivity contribution < 1.29 is 19.2 Å². The van der Waals surface area contributed by atoms with Gasteiger partial charge in [0.25, 0.3) is 0 Å². The van der Waals surface area contributed by atoms with E-state index in [1.165, 1.54) is 0 Å². The van der Waals surface area contributed by atoms with Crippen molar-refractivity contribution in [2.45, 2.75) is 37.4 Å². The standard InChI is InChI=1S/C33H33N5O4/c39-30-15-16-31(40)37-29(19-24-20-34-27-14-8-7-13-26(24)27)33(42)38-28(18-23-11-5-2-6-12-23)32(41)36-25(21-35-30)17-22-9-3-1-4-10-22/h1-16,20,25,28-29,34H,17-19,21H2,(H,35,39)(H,36,41)(H,37,40)(H,38,42)/b16-15-/t25-,28-,29-/m0/s1. The number of hydrogen-bond donors (Lipinski definition) is 5. The molecule has 0 aliphatic carbocycles. The molecule has 0 bridgehead atoms. The Hall–Kier alpha value is -5.18. The van der Waals surface area contributed by atoms with E-state index in [0.717, 1.165) is 39.7 Å². The maximum absolute atomic E-state index is 13.8. The molecule has 0 saturated carbocycles. The Morgan fingerprint density at radius 1 is 0.595 bits per heavy atom. The molecule has 0 unspecified atom stereocenters. The molecule has 0 spiro atoms. The first-order valence-electron chi connectivity index (χ1n) is 13.9. The van der Waals surface area contributed by atoms with Crippen molar-refractivity contribution in [2.75, 3.05) is 6.54 Å². The molecule has 5 rings (SSSR count). The highest BCUT2D eigenvalue weighted by atomic mass is 16.2. The quantitative estimate of drug-likeness (QED) is 0.246. The fourth-order valence-corrected chi connectivity index (χ4v) is 5.09. The largest absolute Gasteiger partial charge is 0.361 e. The van der Waals surface area contributed by atoms with E-state index in [4.69, 9.17) is 0 Å². The minimum atomic E-state index is -1.00. The van der Waals surface area contributed by atoms with Crippen LogP contribution < -0.4 is 21.3 Å². The predicted molar refractivity (Wildman–Crippen MR) is 160 cm³/mol. The number of hydrogen-bond acceptors (Lipinski definition) is 4. The van der Waals surface area contributed by atoms with E-state index in [-0.39, 0.29) is 25.3 Å². The second kappa shape index (κ2) is 13.5. The number of aromatic amines is 1. The third-order valence-electron chi connectivity index (χ3n) is 7.23. The smallest absolute Gasteiger partial charge is 0.244 e. The maximum atomic E-state index is 13.8. The lowest BCUT2D eigenvalue weighted by atomic mass is 10.0. The summed E-state index contributed by atoms with van der Waals surface area (Å²) in [5, 5.41) is 12.4. The number of para-hydroxylation sites is 1. The Morgan fingerprint density at radius 2 is 1.19 bits per heavy atom. The summed E-state index contributed by atoms with van der Waals surface area (Å²) in [6, 6.07) is 24.3. The van der Waals surface area contributed by atoms with E-state index in [9.17, 15) is 19.2 Å². The van der Waals surface area contributed by atoms with Gasteiger partial charge in [-0.3, -0.25) is 19.2 Å². The maximum Gasteiger partial charge on any atom is 0.244 e. The summed E-state index contributed by atoms with van der Waals surface area (Å²) < 4.78 is 0. The lowest BCUT2D eigenvalue weighted by Crippen LogP contribution is -2.57. The van der Waals surface area contributed by atoms with Gasteiger partial charge in [-0.2, -0.15) is 0 Å². The third kappa shape index (κ3) is 7.51. The van der Waals surface area contributed by atoms with Crippen LogP contribution in [0.5, 0.6) is 0 Å².